The van der Waals surface area contributed by atoms with Crippen molar-refractivity contribution in [2.45, 2.75) is 58.2 Å². The Morgan fingerprint density at radius 1 is 1.25 bits per heavy atom. The Morgan fingerprint density at radius 3 is 2.50 bits per heavy atom. The summed E-state index contributed by atoms with van der Waals surface area (Å²) in [5, 5.41) is 21.3. The van der Waals surface area contributed by atoms with Crippen LogP contribution in [-0.2, 0) is 4.74 Å². The van der Waals surface area contributed by atoms with E-state index in [1.807, 2.05) is 13.8 Å². The third-order valence-corrected chi connectivity index (χ3v) is 6.87. The minimum absolute atomic E-state index is 0.0530. The van der Waals surface area contributed by atoms with Gasteiger partial charge >= 0.3 is 5.97 Å². The summed E-state index contributed by atoms with van der Waals surface area (Å²) in [6, 6.07) is 6.83. The molecular formula is C23H32O5. The number of fused-ring (bicyclic) bond motifs is 1. The molecule has 1 saturated carbocycles. The number of aliphatic hydroxyl groups is 2. The zero-order valence-electron chi connectivity index (χ0n) is 17.3. The summed E-state index contributed by atoms with van der Waals surface area (Å²) >= 11 is 0. The van der Waals surface area contributed by atoms with Crippen molar-refractivity contribution in [3.05, 3.63) is 41.5 Å². The van der Waals surface area contributed by atoms with Crippen LogP contribution in [0.5, 0.6) is 5.75 Å². The summed E-state index contributed by atoms with van der Waals surface area (Å²) in [7, 11) is 1.58. The number of hydrogen-bond donors (Lipinski definition) is 2. The molecule has 2 N–H and O–H groups in total. The van der Waals surface area contributed by atoms with E-state index in [4.69, 9.17) is 9.47 Å². The van der Waals surface area contributed by atoms with Crippen molar-refractivity contribution in [3.63, 3.8) is 0 Å². The van der Waals surface area contributed by atoms with Gasteiger partial charge in [-0.25, -0.2) is 4.79 Å². The van der Waals surface area contributed by atoms with Crippen LogP contribution < -0.4 is 4.74 Å². The standard InChI is InChI=1S/C23H32O5/c1-15(2)23(26)12-11-22(3)10-9-16(14-24)13-19(20(22)23)28-21(25)17-5-7-18(27-4)8-6-17/h5-9,15,19-20,24,26H,10-14H2,1-4H3. The second kappa shape index (κ2) is 7.88. The molecule has 5 nitrogen and oxygen atoms in total. The van der Waals surface area contributed by atoms with Crippen molar-refractivity contribution in [2.24, 2.45) is 17.3 Å². The lowest BCUT2D eigenvalue weighted by Crippen LogP contribution is -2.50. The molecule has 0 radical (unpaired) electrons. The van der Waals surface area contributed by atoms with E-state index in [2.05, 4.69) is 13.0 Å². The molecule has 28 heavy (non-hydrogen) atoms. The minimum atomic E-state index is -0.891. The Kier molecular flexibility index (Phi) is 5.87. The molecule has 0 heterocycles. The first kappa shape index (κ1) is 20.9. The lowest BCUT2D eigenvalue weighted by atomic mass is 9.67. The van der Waals surface area contributed by atoms with Crippen LogP contribution >= 0.6 is 0 Å². The third-order valence-electron chi connectivity index (χ3n) is 6.87. The molecule has 0 aliphatic heterocycles. The Morgan fingerprint density at radius 2 is 1.93 bits per heavy atom. The van der Waals surface area contributed by atoms with Crippen LogP contribution in [0, 0.1) is 17.3 Å². The Balaban J connectivity index is 1.92. The second-order valence-corrected chi connectivity index (χ2v) is 8.88. The molecule has 2 aliphatic rings. The first-order valence-electron chi connectivity index (χ1n) is 10.1. The Bertz CT molecular complexity index is 738. The van der Waals surface area contributed by atoms with Crippen LogP contribution in [0.25, 0.3) is 0 Å². The average Bonchev–Trinajstić information content (AvgIpc) is 2.87. The van der Waals surface area contributed by atoms with E-state index in [1.165, 1.54) is 0 Å². The topological polar surface area (TPSA) is 76.0 Å². The maximum Gasteiger partial charge on any atom is 0.338 e. The van der Waals surface area contributed by atoms with Crippen molar-refractivity contribution in [1.82, 2.24) is 0 Å². The molecule has 0 amide bonds. The van der Waals surface area contributed by atoms with Crippen molar-refractivity contribution < 1.29 is 24.5 Å². The van der Waals surface area contributed by atoms with Gasteiger partial charge in [0.1, 0.15) is 11.9 Å². The highest BCUT2D eigenvalue weighted by molar-refractivity contribution is 5.89. The van der Waals surface area contributed by atoms with E-state index in [9.17, 15) is 15.0 Å². The van der Waals surface area contributed by atoms with Crippen molar-refractivity contribution in [3.8, 4) is 5.75 Å². The Labute approximate surface area is 167 Å². The molecular weight excluding hydrogens is 356 g/mol. The molecule has 1 aromatic carbocycles. The molecule has 154 valence electrons. The summed E-state index contributed by atoms with van der Waals surface area (Å²) in [6.07, 6.45) is 4.39. The van der Waals surface area contributed by atoms with Gasteiger partial charge in [-0.2, -0.15) is 0 Å². The number of rotatable bonds is 5. The molecule has 0 spiro atoms. The van der Waals surface area contributed by atoms with E-state index < -0.39 is 17.7 Å². The zero-order valence-corrected chi connectivity index (χ0v) is 17.3. The SMILES string of the molecule is COc1ccc(C(=O)OC2CC(CO)=CCC3(C)CCC(O)(C(C)C)C23)cc1. The molecule has 4 unspecified atom stereocenters. The fraction of sp³-hybridized carbons (Fsp3) is 0.609. The van der Waals surface area contributed by atoms with Crippen LogP contribution in [0.15, 0.2) is 35.9 Å². The van der Waals surface area contributed by atoms with E-state index in [1.54, 1.807) is 31.4 Å². The number of hydrogen-bond acceptors (Lipinski definition) is 5. The highest BCUT2D eigenvalue weighted by atomic mass is 16.5. The van der Waals surface area contributed by atoms with Gasteiger partial charge in [0.2, 0.25) is 0 Å². The monoisotopic (exact) mass is 388 g/mol. The van der Waals surface area contributed by atoms with Crippen LogP contribution in [0.4, 0.5) is 0 Å². The highest BCUT2D eigenvalue weighted by Gasteiger charge is 2.59. The van der Waals surface area contributed by atoms with Crippen LogP contribution in [0.1, 0.15) is 56.8 Å². The number of aliphatic hydroxyl groups excluding tert-OH is 1. The fourth-order valence-electron chi connectivity index (χ4n) is 5.06. The molecule has 0 bridgehead atoms. The summed E-state index contributed by atoms with van der Waals surface area (Å²) in [4.78, 5) is 12.9. The smallest absolute Gasteiger partial charge is 0.338 e. The molecule has 4 atom stereocenters. The van der Waals surface area contributed by atoms with Crippen LogP contribution in [0.2, 0.25) is 0 Å². The highest BCUT2D eigenvalue weighted by Crippen LogP contribution is 2.58. The Hall–Kier alpha value is -1.85. The average molecular weight is 389 g/mol. The van der Waals surface area contributed by atoms with Gasteiger partial charge in [0.05, 0.1) is 24.9 Å². The quantitative estimate of drug-likeness (QED) is 0.594. The van der Waals surface area contributed by atoms with E-state index >= 15 is 0 Å². The van der Waals surface area contributed by atoms with Crippen molar-refractivity contribution >= 4 is 5.97 Å². The predicted molar refractivity (Wildman–Crippen MR) is 107 cm³/mol. The van der Waals surface area contributed by atoms with Gasteiger partial charge in [-0.1, -0.05) is 26.8 Å². The summed E-state index contributed by atoms with van der Waals surface area (Å²) in [6.45, 7) is 6.17. The third kappa shape index (κ3) is 3.70. The number of benzene rings is 1. The summed E-state index contributed by atoms with van der Waals surface area (Å²) in [5.74, 6) is 0.140. The summed E-state index contributed by atoms with van der Waals surface area (Å²) in [5.41, 5.74) is 0.265. The van der Waals surface area contributed by atoms with E-state index in [0.29, 0.717) is 24.2 Å². The normalized spacial score (nSPS) is 32.5. The van der Waals surface area contributed by atoms with Gasteiger partial charge in [-0.15, -0.1) is 0 Å². The fourth-order valence-corrected chi connectivity index (χ4v) is 5.06. The number of esters is 1. The number of carbonyl (C=O) groups is 1. The minimum Gasteiger partial charge on any atom is -0.497 e. The number of ether oxygens (including phenoxy) is 2. The number of allylic oxidation sites excluding steroid dienone is 1. The molecule has 2 aliphatic carbocycles. The molecule has 1 aromatic rings. The van der Waals surface area contributed by atoms with E-state index in [0.717, 1.165) is 18.4 Å². The van der Waals surface area contributed by atoms with Crippen LogP contribution in [-0.4, -0.2) is 41.6 Å². The number of carbonyl (C=O) groups excluding carboxylic acids is 1. The van der Waals surface area contributed by atoms with Gasteiger partial charge in [-0.05, 0) is 60.4 Å². The van der Waals surface area contributed by atoms with Crippen LogP contribution in [0.3, 0.4) is 0 Å². The predicted octanol–water partition coefficient (Wildman–Crippen LogP) is 3.74. The molecule has 5 heteroatoms. The van der Waals surface area contributed by atoms with E-state index in [-0.39, 0.29) is 23.9 Å². The maximum absolute atomic E-state index is 12.9. The van der Waals surface area contributed by atoms with Gasteiger partial charge < -0.3 is 19.7 Å². The van der Waals surface area contributed by atoms with Gasteiger partial charge in [0, 0.05) is 12.3 Å². The lowest BCUT2D eigenvalue weighted by molar-refractivity contribution is -0.112. The van der Waals surface area contributed by atoms with Crippen molar-refractivity contribution in [2.75, 3.05) is 13.7 Å². The van der Waals surface area contributed by atoms with Gasteiger partial charge in [0.15, 0.2) is 0 Å². The van der Waals surface area contributed by atoms with Crippen molar-refractivity contribution in [1.29, 1.82) is 0 Å². The molecule has 1 fully saturated rings. The second-order valence-electron chi connectivity index (χ2n) is 8.88. The molecule has 0 aromatic heterocycles. The number of methoxy groups -OCH3 is 1. The molecule has 3 rings (SSSR count). The van der Waals surface area contributed by atoms with Gasteiger partial charge in [-0.3, -0.25) is 0 Å². The molecule has 0 saturated heterocycles. The maximum atomic E-state index is 12.9. The van der Waals surface area contributed by atoms with Gasteiger partial charge in [0.25, 0.3) is 0 Å². The largest absolute Gasteiger partial charge is 0.497 e. The summed E-state index contributed by atoms with van der Waals surface area (Å²) < 4.78 is 11.1. The first-order chi connectivity index (χ1) is 13.2. The lowest BCUT2D eigenvalue weighted by Gasteiger charge is -2.43. The first-order valence-corrected chi connectivity index (χ1v) is 10.1. The zero-order chi connectivity index (χ0) is 20.5.